The molecule has 7 nitrogen and oxygen atoms in total. The topological polar surface area (TPSA) is 94.6 Å². The van der Waals surface area contributed by atoms with Crippen LogP contribution >= 0.6 is 0 Å². The van der Waals surface area contributed by atoms with Crippen molar-refractivity contribution in [1.29, 1.82) is 0 Å². The van der Waals surface area contributed by atoms with E-state index in [1.807, 2.05) is 0 Å². The summed E-state index contributed by atoms with van der Waals surface area (Å²) >= 11 is 0. The number of aromatic nitrogens is 1. The van der Waals surface area contributed by atoms with Gasteiger partial charge in [-0.25, -0.2) is 0 Å². The van der Waals surface area contributed by atoms with Crippen LogP contribution in [0.5, 0.6) is 0 Å². The van der Waals surface area contributed by atoms with Gasteiger partial charge in [-0.05, 0) is 70.0 Å². The summed E-state index contributed by atoms with van der Waals surface area (Å²) in [5, 5.41) is 16.1. The average Bonchev–Trinajstić information content (AvgIpc) is 3.09. The molecule has 1 aliphatic carbocycles. The molecular formula is C21H30N4O3. The number of aliphatic hydroxyl groups is 1. The molecule has 4 rings (SSSR count). The quantitative estimate of drug-likeness (QED) is 0.724. The molecule has 0 unspecified atom stereocenters. The molecule has 3 N–H and O–H groups in total. The summed E-state index contributed by atoms with van der Waals surface area (Å²) in [7, 11) is 0. The summed E-state index contributed by atoms with van der Waals surface area (Å²) < 4.78 is 0. The normalized spacial score (nSPS) is 33.1. The van der Waals surface area contributed by atoms with Crippen molar-refractivity contribution in [1.82, 2.24) is 20.5 Å². The van der Waals surface area contributed by atoms with E-state index in [-0.39, 0.29) is 30.0 Å². The molecule has 0 spiro atoms. The van der Waals surface area contributed by atoms with Gasteiger partial charge in [0.2, 0.25) is 5.91 Å². The molecule has 3 heterocycles. The monoisotopic (exact) mass is 386 g/mol. The highest BCUT2D eigenvalue weighted by Gasteiger charge is 2.52. The number of hydrogen-bond acceptors (Lipinski definition) is 5. The van der Waals surface area contributed by atoms with E-state index >= 15 is 0 Å². The summed E-state index contributed by atoms with van der Waals surface area (Å²) in [6.07, 6.45) is 9.80. The van der Waals surface area contributed by atoms with Crippen LogP contribution < -0.4 is 10.6 Å². The fraction of sp³-hybridized carbons (Fsp3) is 0.667. The van der Waals surface area contributed by atoms with Crippen LogP contribution in [0, 0.1) is 0 Å². The Morgan fingerprint density at radius 1 is 1.14 bits per heavy atom. The molecule has 2 saturated heterocycles. The lowest BCUT2D eigenvalue weighted by Gasteiger charge is -2.42. The molecule has 2 aliphatic heterocycles. The lowest BCUT2D eigenvalue weighted by molar-refractivity contribution is -0.135. The van der Waals surface area contributed by atoms with E-state index in [4.69, 9.17) is 0 Å². The van der Waals surface area contributed by atoms with Crippen molar-refractivity contribution < 1.29 is 14.7 Å². The zero-order valence-corrected chi connectivity index (χ0v) is 16.3. The van der Waals surface area contributed by atoms with Crippen LogP contribution in [0.4, 0.5) is 0 Å². The minimum atomic E-state index is -0.513. The first-order chi connectivity index (χ1) is 13.6. The fourth-order valence-electron chi connectivity index (χ4n) is 5.08. The van der Waals surface area contributed by atoms with Crippen molar-refractivity contribution in [3.05, 3.63) is 30.1 Å². The van der Waals surface area contributed by atoms with Crippen molar-refractivity contribution >= 4 is 11.8 Å². The number of hydrogen-bond donors (Lipinski definition) is 3. The lowest BCUT2D eigenvalue weighted by Crippen LogP contribution is -2.59. The zero-order valence-electron chi connectivity index (χ0n) is 16.3. The molecule has 3 fully saturated rings. The maximum atomic E-state index is 13.3. The highest BCUT2D eigenvalue weighted by Crippen LogP contribution is 2.38. The van der Waals surface area contributed by atoms with Gasteiger partial charge >= 0.3 is 0 Å². The second kappa shape index (κ2) is 8.17. The molecule has 0 bridgehead atoms. The smallest absolute Gasteiger partial charge is 0.253 e. The number of aliphatic hydroxyl groups excluding tert-OH is 1. The van der Waals surface area contributed by atoms with Gasteiger partial charge in [-0.3, -0.25) is 19.5 Å². The van der Waals surface area contributed by atoms with Crippen LogP contribution in [-0.4, -0.2) is 63.6 Å². The average molecular weight is 386 g/mol. The van der Waals surface area contributed by atoms with Crippen LogP contribution in [0.3, 0.4) is 0 Å². The molecule has 0 aromatic carbocycles. The third-order valence-corrected chi connectivity index (χ3v) is 6.61. The van der Waals surface area contributed by atoms with Crippen molar-refractivity contribution in [2.75, 3.05) is 13.1 Å². The summed E-state index contributed by atoms with van der Waals surface area (Å²) in [6, 6.07) is 3.62. The van der Waals surface area contributed by atoms with Crippen molar-refractivity contribution in [2.24, 2.45) is 0 Å². The Morgan fingerprint density at radius 3 is 2.71 bits per heavy atom. The van der Waals surface area contributed by atoms with E-state index in [2.05, 4.69) is 20.5 Å². The highest BCUT2D eigenvalue weighted by atomic mass is 16.3. The summed E-state index contributed by atoms with van der Waals surface area (Å²) in [5.74, 6) is -0.0264. The minimum Gasteiger partial charge on any atom is -0.393 e. The van der Waals surface area contributed by atoms with Gasteiger partial charge in [0.25, 0.3) is 5.91 Å². The van der Waals surface area contributed by atoms with Gasteiger partial charge in [-0.15, -0.1) is 0 Å². The first-order valence-corrected chi connectivity index (χ1v) is 10.5. The second-order valence-electron chi connectivity index (χ2n) is 8.53. The van der Waals surface area contributed by atoms with Crippen LogP contribution in [-0.2, 0) is 4.79 Å². The molecule has 2 amide bonds. The van der Waals surface area contributed by atoms with Crippen LogP contribution in [0.2, 0.25) is 0 Å². The third kappa shape index (κ3) is 3.91. The van der Waals surface area contributed by atoms with E-state index in [0.29, 0.717) is 18.5 Å². The molecule has 152 valence electrons. The Labute approximate surface area is 165 Å². The number of amides is 2. The largest absolute Gasteiger partial charge is 0.393 e. The number of rotatable bonds is 4. The van der Waals surface area contributed by atoms with Gasteiger partial charge in [0.15, 0.2) is 0 Å². The van der Waals surface area contributed by atoms with Gasteiger partial charge in [-0.1, -0.05) is 0 Å². The Hall–Kier alpha value is -1.99. The van der Waals surface area contributed by atoms with Gasteiger partial charge in [-0.2, -0.15) is 0 Å². The van der Waals surface area contributed by atoms with E-state index in [1.165, 1.54) is 0 Å². The van der Waals surface area contributed by atoms with Crippen molar-refractivity contribution in [3.8, 4) is 0 Å². The van der Waals surface area contributed by atoms with Crippen LogP contribution in [0.15, 0.2) is 24.5 Å². The maximum Gasteiger partial charge on any atom is 0.253 e. The van der Waals surface area contributed by atoms with E-state index < -0.39 is 5.54 Å². The highest BCUT2D eigenvalue weighted by molar-refractivity contribution is 5.94. The van der Waals surface area contributed by atoms with Crippen molar-refractivity contribution in [2.45, 2.75) is 75.1 Å². The predicted octanol–water partition coefficient (Wildman–Crippen LogP) is 1.23. The summed E-state index contributed by atoms with van der Waals surface area (Å²) in [4.78, 5) is 32.1. The number of piperidine rings is 1. The second-order valence-corrected chi connectivity index (χ2v) is 8.53. The summed E-state index contributed by atoms with van der Waals surface area (Å²) in [5.41, 5.74) is 0.0351. The molecule has 1 saturated carbocycles. The van der Waals surface area contributed by atoms with Gasteiger partial charge in [0, 0.05) is 31.0 Å². The Balaban J connectivity index is 1.42. The first-order valence-electron chi connectivity index (χ1n) is 10.5. The summed E-state index contributed by atoms with van der Waals surface area (Å²) in [6.45, 7) is 1.61. The number of carbonyl (C=O) groups excluding carboxylic acids is 2. The van der Waals surface area contributed by atoms with Crippen LogP contribution in [0.1, 0.15) is 61.7 Å². The molecule has 1 aromatic rings. The number of nitrogens with zero attached hydrogens (tertiary/aromatic N) is 2. The van der Waals surface area contributed by atoms with E-state index in [9.17, 15) is 14.7 Å². The molecule has 1 aromatic heterocycles. The standard InChI is InChI=1S/C21H30N4O3/c26-18-7-5-16(6-8-18)24-20(28)21-9-1-2-11-25(21)14-17(12-21)23-19(27)15-4-3-10-22-13-15/h3-4,10,13,16-18,26H,1-2,5-9,11-12,14H2,(H,23,27)(H,24,28)/t16?,17-,18?,21-/m0/s1. The molecular weight excluding hydrogens is 356 g/mol. The van der Waals surface area contributed by atoms with Gasteiger partial charge in [0.05, 0.1) is 11.7 Å². The maximum absolute atomic E-state index is 13.3. The predicted molar refractivity (Wildman–Crippen MR) is 105 cm³/mol. The zero-order chi connectivity index (χ0) is 19.6. The van der Waals surface area contributed by atoms with E-state index in [0.717, 1.165) is 51.5 Å². The number of carbonyl (C=O) groups is 2. The SMILES string of the molecule is O=C(N[C@@H]1CN2CCCC[C@@]2(C(=O)NC2CCC(O)CC2)C1)c1cccnc1. The molecule has 2 atom stereocenters. The third-order valence-electron chi connectivity index (χ3n) is 6.61. The Morgan fingerprint density at radius 2 is 1.96 bits per heavy atom. The van der Waals surface area contributed by atoms with E-state index in [1.54, 1.807) is 24.5 Å². The Bertz CT molecular complexity index is 705. The number of fused-ring (bicyclic) bond motifs is 1. The molecule has 28 heavy (non-hydrogen) atoms. The molecule has 3 aliphatic rings. The minimum absolute atomic E-state index is 0.0373. The number of pyridine rings is 1. The molecule has 0 radical (unpaired) electrons. The van der Waals surface area contributed by atoms with Gasteiger partial charge in [0.1, 0.15) is 5.54 Å². The fourth-order valence-corrected chi connectivity index (χ4v) is 5.08. The Kier molecular flexibility index (Phi) is 5.64. The first kappa shape index (κ1) is 19.3. The van der Waals surface area contributed by atoms with Crippen LogP contribution in [0.25, 0.3) is 0 Å². The lowest BCUT2D eigenvalue weighted by atomic mass is 9.83. The van der Waals surface area contributed by atoms with Gasteiger partial charge < -0.3 is 15.7 Å². The molecule has 7 heteroatoms. The number of nitrogens with one attached hydrogen (secondary N) is 2. The van der Waals surface area contributed by atoms with Crippen molar-refractivity contribution in [3.63, 3.8) is 0 Å².